The molecule has 1 saturated heterocycles. The number of nitrogens with zero attached hydrogens (tertiary/aromatic N) is 3. The van der Waals surface area contributed by atoms with Gasteiger partial charge in [-0.05, 0) is 24.6 Å². The number of hydrogen-bond acceptors (Lipinski definition) is 7. The van der Waals surface area contributed by atoms with Gasteiger partial charge in [-0.1, -0.05) is 27.7 Å². The van der Waals surface area contributed by atoms with E-state index in [2.05, 4.69) is 48.8 Å². The van der Waals surface area contributed by atoms with E-state index < -0.39 is 20.1 Å². The Morgan fingerprint density at radius 2 is 2.11 bits per heavy atom. The Morgan fingerprint density at radius 3 is 2.68 bits per heavy atom. The summed E-state index contributed by atoms with van der Waals surface area (Å²) in [7, 11) is -2.15. The lowest BCUT2D eigenvalue weighted by atomic mass is 9.97. The third-order valence-electron chi connectivity index (χ3n) is 6.07. The van der Waals surface area contributed by atoms with Crippen LogP contribution in [0, 0.1) is 5.92 Å². The molecular weight excluding hydrogens is 378 g/mol. The van der Waals surface area contributed by atoms with Gasteiger partial charge in [-0.3, -0.25) is 14.3 Å². The maximum Gasteiger partial charge on any atom is 0.280 e. The normalized spacial score (nSPS) is 26.2. The molecule has 0 aromatic carbocycles. The summed E-state index contributed by atoms with van der Waals surface area (Å²) in [4.78, 5) is 23.1. The number of nitrogens with one attached hydrogen (secondary N) is 1. The molecule has 4 N–H and O–H groups in total. The fraction of sp³-hybridized carbons (Fsp3) is 0.722. The molecule has 9 nitrogen and oxygen atoms in total. The third kappa shape index (κ3) is 3.49. The second-order valence-corrected chi connectivity index (χ2v) is 13.7. The molecule has 4 atom stereocenters. The van der Waals surface area contributed by atoms with E-state index in [4.69, 9.17) is 14.9 Å². The molecule has 3 rings (SSSR count). The Labute approximate surface area is 165 Å². The second kappa shape index (κ2) is 7.25. The third-order valence-corrected chi connectivity index (χ3v) is 10.5. The van der Waals surface area contributed by atoms with Crippen molar-refractivity contribution in [1.82, 2.24) is 19.5 Å². The summed E-state index contributed by atoms with van der Waals surface area (Å²) in [6.45, 7) is 12.8. The van der Waals surface area contributed by atoms with Crippen molar-refractivity contribution in [1.29, 1.82) is 0 Å². The zero-order valence-electron chi connectivity index (χ0n) is 17.4. The Bertz CT molecular complexity index is 903. The number of anilines is 1. The van der Waals surface area contributed by atoms with E-state index in [1.54, 1.807) is 4.57 Å². The lowest BCUT2D eigenvalue weighted by Gasteiger charge is -2.40. The quantitative estimate of drug-likeness (QED) is 0.644. The summed E-state index contributed by atoms with van der Waals surface area (Å²) in [6, 6.07) is 0. The van der Waals surface area contributed by atoms with Gasteiger partial charge in [0.15, 0.2) is 25.7 Å². The molecule has 0 bridgehead atoms. The molecule has 28 heavy (non-hydrogen) atoms. The van der Waals surface area contributed by atoms with Crippen LogP contribution in [-0.4, -0.2) is 51.8 Å². The number of ether oxygens (including phenoxy) is 1. The Hall–Kier alpha value is -1.75. The summed E-state index contributed by atoms with van der Waals surface area (Å²) in [5.41, 5.74) is 5.89. The number of hydrogen-bond donors (Lipinski definition) is 3. The summed E-state index contributed by atoms with van der Waals surface area (Å²) in [5.74, 6) is -0.161. The van der Waals surface area contributed by atoms with Crippen LogP contribution < -0.4 is 11.3 Å². The number of aromatic amines is 1. The molecule has 0 aliphatic carbocycles. The van der Waals surface area contributed by atoms with E-state index in [1.165, 1.54) is 6.33 Å². The molecule has 0 radical (unpaired) electrons. The lowest BCUT2D eigenvalue weighted by Crippen LogP contribution is -2.47. The second-order valence-electron chi connectivity index (χ2n) is 8.94. The number of H-pyrrole nitrogens is 1. The molecule has 0 spiro atoms. The molecule has 1 aliphatic heterocycles. The van der Waals surface area contributed by atoms with E-state index in [9.17, 15) is 9.90 Å². The van der Waals surface area contributed by atoms with Gasteiger partial charge in [0.2, 0.25) is 5.95 Å². The number of nitrogen functional groups attached to an aromatic ring is 1. The van der Waals surface area contributed by atoms with Crippen molar-refractivity contribution in [3.05, 3.63) is 16.7 Å². The van der Waals surface area contributed by atoms with Gasteiger partial charge in [-0.15, -0.1) is 0 Å². The van der Waals surface area contributed by atoms with E-state index in [0.29, 0.717) is 5.65 Å². The van der Waals surface area contributed by atoms with Crippen LogP contribution in [0.3, 0.4) is 0 Å². The fourth-order valence-corrected chi connectivity index (χ4v) is 4.74. The molecule has 156 valence electrons. The highest BCUT2D eigenvalue weighted by molar-refractivity contribution is 6.74. The topological polar surface area (TPSA) is 128 Å². The van der Waals surface area contributed by atoms with Gasteiger partial charge in [-0.2, -0.15) is 4.98 Å². The molecule has 0 amide bonds. The van der Waals surface area contributed by atoms with Crippen LogP contribution in [0.25, 0.3) is 11.2 Å². The van der Waals surface area contributed by atoms with Crippen LogP contribution in [0.4, 0.5) is 5.95 Å². The van der Waals surface area contributed by atoms with Crippen LogP contribution in [0.2, 0.25) is 18.1 Å². The highest BCUT2D eigenvalue weighted by Crippen LogP contribution is 2.44. The van der Waals surface area contributed by atoms with Gasteiger partial charge in [0, 0.05) is 5.92 Å². The standard InChI is InChI=1S/C18H31N5O4Si/c1-7-11-10(8-24)13(27-28(5,6)18(2,3)4)16(26-11)23-9-20-12-14(23)21-17(19)22-15(12)25/h9-11,13,16,24H,7-8H2,1-6H3,(H3,19,21,22,25)/t10-,11-,13-,16-/m1/s1. The number of aliphatic hydroxyl groups excluding tert-OH is 1. The average Bonchev–Trinajstić information content (AvgIpc) is 3.14. The fourth-order valence-electron chi connectivity index (χ4n) is 3.42. The molecule has 0 unspecified atom stereocenters. The predicted molar refractivity (Wildman–Crippen MR) is 109 cm³/mol. The van der Waals surface area contributed by atoms with E-state index in [0.717, 1.165) is 6.42 Å². The summed E-state index contributed by atoms with van der Waals surface area (Å²) >= 11 is 0. The molecule has 2 aromatic rings. The molecule has 0 saturated carbocycles. The minimum atomic E-state index is -2.15. The minimum Gasteiger partial charge on any atom is -0.409 e. The van der Waals surface area contributed by atoms with E-state index >= 15 is 0 Å². The largest absolute Gasteiger partial charge is 0.409 e. The zero-order valence-corrected chi connectivity index (χ0v) is 18.4. The van der Waals surface area contributed by atoms with Crippen molar-refractivity contribution in [2.24, 2.45) is 5.92 Å². The highest BCUT2D eigenvalue weighted by atomic mass is 28.4. The maximum atomic E-state index is 12.2. The average molecular weight is 410 g/mol. The van der Waals surface area contributed by atoms with Crippen LogP contribution in [-0.2, 0) is 9.16 Å². The summed E-state index contributed by atoms with van der Waals surface area (Å²) in [5, 5.41) is 10.1. The number of aromatic nitrogens is 4. The molecular formula is C18H31N5O4Si. The number of aliphatic hydroxyl groups is 1. The van der Waals surface area contributed by atoms with Crippen molar-refractivity contribution in [3.63, 3.8) is 0 Å². The van der Waals surface area contributed by atoms with Crippen molar-refractivity contribution in [2.75, 3.05) is 12.3 Å². The van der Waals surface area contributed by atoms with Crippen LogP contribution in [0.1, 0.15) is 40.3 Å². The van der Waals surface area contributed by atoms with Gasteiger partial charge in [0.1, 0.15) is 0 Å². The SMILES string of the molecule is CC[C@H]1O[C@@H](n2cnc3c(=O)[nH]c(N)nc32)[C@H](O[Si](C)(C)C(C)(C)C)[C@@H]1CO. The molecule has 3 heterocycles. The van der Waals surface area contributed by atoms with Crippen LogP contribution in [0.15, 0.2) is 11.1 Å². The predicted octanol–water partition coefficient (Wildman–Crippen LogP) is 2.01. The van der Waals surface area contributed by atoms with Gasteiger partial charge in [0.05, 0.1) is 25.1 Å². The number of fused-ring (bicyclic) bond motifs is 1. The summed E-state index contributed by atoms with van der Waals surface area (Å²) < 4.78 is 14.7. The number of rotatable bonds is 5. The molecule has 2 aromatic heterocycles. The van der Waals surface area contributed by atoms with Gasteiger partial charge < -0.3 is 20.0 Å². The van der Waals surface area contributed by atoms with Crippen LogP contribution >= 0.6 is 0 Å². The first-order chi connectivity index (χ1) is 13.0. The number of nitrogens with two attached hydrogens (primary N) is 1. The molecule has 1 aliphatic rings. The van der Waals surface area contributed by atoms with Gasteiger partial charge >= 0.3 is 0 Å². The number of imidazole rings is 1. The van der Waals surface area contributed by atoms with Crippen molar-refractivity contribution >= 4 is 25.4 Å². The van der Waals surface area contributed by atoms with Crippen molar-refractivity contribution in [3.8, 4) is 0 Å². The van der Waals surface area contributed by atoms with Crippen LogP contribution in [0.5, 0.6) is 0 Å². The van der Waals surface area contributed by atoms with Crippen molar-refractivity contribution in [2.45, 2.75) is 70.7 Å². The first kappa shape index (κ1) is 21.0. The molecule has 10 heteroatoms. The maximum absolute atomic E-state index is 12.2. The van der Waals surface area contributed by atoms with Gasteiger partial charge in [0.25, 0.3) is 5.56 Å². The van der Waals surface area contributed by atoms with Crippen molar-refractivity contribution < 1.29 is 14.3 Å². The zero-order chi connectivity index (χ0) is 20.9. The van der Waals surface area contributed by atoms with E-state index in [-0.39, 0.29) is 41.2 Å². The first-order valence-corrected chi connectivity index (χ1v) is 12.6. The smallest absolute Gasteiger partial charge is 0.280 e. The lowest BCUT2D eigenvalue weighted by molar-refractivity contribution is -0.0322. The first-order valence-electron chi connectivity index (χ1n) is 9.66. The Kier molecular flexibility index (Phi) is 5.43. The highest BCUT2D eigenvalue weighted by Gasteiger charge is 2.50. The summed E-state index contributed by atoms with van der Waals surface area (Å²) in [6.07, 6.45) is 1.18. The van der Waals surface area contributed by atoms with Gasteiger partial charge in [-0.25, -0.2) is 4.98 Å². The molecule has 1 fully saturated rings. The van der Waals surface area contributed by atoms with E-state index in [1.807, 2.05) is 6.92 Å². The Balaban J connectivity index is 2.08. The Morgan fingerprint density at radius 1 is 1.43 bits per heavy atom. The minimum absolute atomic E-state index is 0.00130. The monoisotopic (exact) mass is 409 g/mol.